The monoisotopic (exact) mass is 342 g/mol. The van der Waals surface area contributed by atoms with Crippen LogP contribution in [0.25, 0.3) is 0 Å². The third-order valence-electron chi connectivity index (χ3n) is 4.51. The van der Waals surface area contributed by atoms with Crippen molar-refractivity contribution in [2.75, 3.05) is 13.1 Å². The van der Waals surface area contributed by atoms with Crippen molar-refractivity contribution in [3.63, 3.8) is 0 Å². The molecule has 1 aliphatic heterocycles. The first-order chi connectivity index (χ1) is 11.7. The van der Waals surface area contributed by atoms with Gasteiger partial charge in [0.25, 0.3) is 0 Å². The standard InChI is InChI=1S/C20H23ClN2O/c21-19-9-5-4-8-17(19)14-20(24)22-18-10-12-23(13-11-18)15-16-6-2-1-3-7-16/h1-9,18H,10-15H2,(H,22,24). The molecule has 0 atom stereocenters. The molecule has 1 N–H and O–H groups in total. The van der Waals surface area contributed by atoms with E-state index in [4.69, 9.17) is 11.6 Å². The summed E-state index contributed by atoms with van der Waals surface area (Å²) in [6, 6.07) is 18.3. The molecule has 1 saturated heterocycles. The first-order valence-corrected chi connectivity index (χ1v) is 8.87. The summed E-state index contributed by atoms with van der Waals surface area (Å²) in [5, 5.41) is 3.81. The number of piperidine rings is 1. The predicted molar refractivity (Wildman–Crippen MR) is 98.0 cm³/mol. The van der Waals surface area contributed by atoms with Crippen LogP contribution in [0.2, 0.25) is 5.02 Å². The van der Waals surface area contributed by atoms with E-state index >= 15 is 0 Å². The number of likely N-dealkylation sites (tertiary alicyclic amines) is 1. The second-order valence-electron chi connectivity index (χ2n) is 6.37. The summed E-state index contributed by atoms with van der Waals surface area (Å²) in [7, 11) is 0. The molecule has 2 aromatic carbocycles. The molecular weight excluding hydrogens is 320 g/mol. The van der Waals surface area contributed by atoms with Gasteiger partial charge in [-0.2, -0.15) is 0 Å². The van der Waals surface area contributed by atoms with Crippen molar-refractivity contribution in [1.82, 2.24) is 10.2 Å². The molecule has 0 radical (unpaired) electrons. The third kappa shape index (κ3) is 4.83. The van der Waals surface area contributed by atoms with Crippen LogP contribution in [0.3, 0.4) is 0 Å². The zero-order valence-electron chi connectivity index (χ0n) is 13.7. The van der Waals surface area contributed by atoms with Crippen molar-refractivity contribution >= 4 is 17.5 Å². The Kier molecular flexibility index (Phi) is 5.89. The van der Waals surface area contributed by atoms with Crippen LogP contribution in [0, 0.1) is 0 Å². The molecular formula is C20H23ClN2O. The van der Waals surface area contributed by atoms with Crippen LogP contribution in [0.5, 0.6) is 0 Å². The normalized spacial score (nSPS) is 16.0. The number of carbonyl (C=O) groups excluding carboxylic acids is 1. The lowest BCUT2D eigenvalue weighted by Gasteiger charge is -2.32. The fourth-order valence-corrected chi connectivity index (χ4v) is 3.37. The number of hydrogen-bond donors (Lipinski definition) is 1. The van der Waals surface area contributed by atoms with E-state index in [1.807, 2.05) is 30.3 Å². The second-order valence-corrected chi connectivity index (χ2v) is 6.78. The SMILES string of the molecule is O=C(Cc1ccccc1Cl)NC1CCN(Cc2ccccc2)CC1. The maximum atomic E-state index is 12.2. The van der Waals surface area contributed by atoms with E-state index in [-0.39, 0.29) is 11.9 Å². The second kappa shape index (κ2) is 8.32. The largest absolute Gasteiger partial charge is 0.353 e. The summed E-state index contributed by atoms with van der Waals surface area (Å²) in [5.41, 5.74) is 2.23. The molecule has 1 amide bonds. The number of nitrogens with one attached hydrogen (secondary N) is 1. The lowest BCUT2D eigenvalue weighted by atomic mass is 10.0. The van der Waals surface area contributed by atoms with Crippen molar-refractivity contribution in [2.24, 2.45) is 0 Å². The Morgan fingerprint density at radius 1 is 1.04 bits per heavy atom. The van der Waals surface area contributed by atoms with Gasteiger partial charge in [0, 0.05) is 30.7 Å². The smallest absolute Gasteiger partial charge is 0.224 e. The highest BCUT2D eigenvalue weighted by atomic mass is 35.5. The molecule has 3 rings (SSSR count). The average molecular weight is 343 g/mol. The quantitative estimate of drug-likeness (QED) is 0.899. The van der Waals surface area contributed by atoms with Gasteiger partial charge in [0.2, 0.25) is 5.91 Å². The maximum absolute atomic E-state index is 12.2. The van der Waals surface area contributed by atoms with E-state index in [1.165, 1.54) is 5.56 Å². The summed E-state index contributed by atoms with van der Waals surface area (Å²) in [6.45, 7) is 3.03. The van der Waals surface area contributed by atoms with Crippen LogP contribution in [-0.4, -0.2) is 29.9 Å². The van der Waals surface area contributed by atoms with Gasteiger partial charge in [0.1, 0.15) is 0 Å². The Hall–Kier alpha value is -1.84. The van der Waals surface area contributed by atoms with Crippen molar-refractivity contribution in [1.29, 1.82) is 0 Å². The Balaban J connectivity index is 1.43. The van der Waals surface area contributed by atoms with Gasteiger partial charge >= 0.3 is 0 Å². The van der Waals surface area contributed by atoms with E-state index in [1.54, 1.807) is 0 Å². The average Bonchev–Trinajstić information content (AvgIpc) is 2.60. The van der Waals surface area contributed by atoms with Crippen molar-refractivity contribution in [2.45, 2.75) is 31.8 Å². The van der Waals surface area contributed by atoms with Crippen LogP contribution in [-0.2, 0) is 17.8 Å². The van der Waals surface area contributed by atoms with E-state index in [2.05, 4.69) is 34.5 Å². The van der Waals surface area contributed by atoms with E-state index in [9.17, 15) is 4.79 Å². The highest BCUT2D eigenvalue weighted by Gasteiger charge is 2.20. The molecule has 2 aromatic rings. The number of hydrogen-bond acceptors (Lipinski definition) is 2. The first-order valence-electron chi connectivity index (χ1n) is 8.50. The molecule has 1 aliphatic rings. The minimum absolute atomic E-state index is 0.0598. The summed E-state index contributed by atoms with van der Waals surface area (Å²) in [5.74, 6) is 0.0598. The molecule has 1 fully saturated rings. The predicted octanol–water partition coefficient (Wildman–Crippen LogP) is 3.66. The third-order valence-corrected chi connectivity index (χ3v) is 4.88. The van der Waals surface area contributed by atoms with Crippen molar-refractivity contribution in [3.05, 3.63) is 70.7 Å². The number of benzene rings is 2. The summed E-state index contributed by atoms with van der Waals surface area (Å²) >= 11 is 6.12. The van der Waals surface area contributed by atoms with E-state index in [0.29, 0.717) is 11.4 Å². The Morgan fingerprint density at radius 3 is 2.42 bits per heavy atom. The molecule has 0 aliphatic carbocycles. The topological polar surface area (TPSA) is 32.3 Å². The van der Waals surface area contributed by atoms with Crippen LogP contribution in [0.15, 0.2) is 54.6 Å². The van der Waals surface area contributed by atoms with Crippen LogP contribution in [0.1, 0.15) is 24.0 Å². The van der Waals surface area contributed by atoms with Gasteiger partial charge in [-0.3, -0.25) is 9.69 Å². The lowest BCUT2D eigenvalue weighted by molar-refractivity contribution is -0.121. The summed E-state index contributed by atoms with van der Waals surface area (Å²) in [6.07, 6.45) is 2.35. The molecule has 1 heterocycles. The molecule has 0 unspecified atom stereocenters. The molecule has 4 heteroatoms. The first kappa shape index (κ1) is 17.0. The minimum Gasteiger partial charge on any atom is -0.353 e. The molecule has 24 heavy (non-hydrogen) atoms. The Morgan fingerprint density at radius 2 is 1.71 bits per heavy atom. The lowest BCUT2D eigenvalue weighted by Crippen LogP contribution is -2.44. The van der Waals surface area contributed by atoms with E-state index < -0.39 is 0 Å². The number of nitrogens with zero attached hydrogens (tertiary/aromatic N) is 1. The molecule has 126 valence electrons. The Bertz CT molecular complexity index is 666. The van der Waals surface area contributed by atoms with Crippen LogP contribution < -0.4 is 5.32 Å². The fourth-order valence-electron chi connectivity index (χ4n) is 3.17. The van der Waals surface area contributed by atoms with Gasteiger partial charge < -0.3 is 5.32 Å². The minimum atomic E-state index is 0.0598. The number of carbonyl (C=O) groups is 1. The number of rotatable bonds is 5. The van der Waals surface area contributed by atoms with Gasteiger partial charge in [0.05, 0.1) is 6.42 Å². The maximum Gasteiger partial charge on any atom is 0.224 e. The van der Waals surface area contributed by atoms with Crippen LogP contribution in [0.4, 0.5) is 0 Å². The van der Waals surface area contributed by atoms with Gasteiger partial charge in [-0.05, 0) is 30.0 Å². The molecule has 0 saturated carbocycles. The van der Waals surface area contributed by atoms with Gasteiger partial charge in [-0.15, -0.1) is 0 Å². The van der Waals surface area contributed by atoms with Crippen LogP contribution >= 0.6 is 11.6 Å². The molecule has 0 spiro atoms. The van der Waals surface area contributed by atoms with E-state index in [0.717, 1.165) is 38.0 Å². The highest BCUT2D eigenvalue weighted by Crippen LogP contribution is 2.17. The Labute approximate surface area is 148 Å². The molecule has 0 bridgehead atoms. The number of halogens is 1. The molecule has 3 nitrogen and oxygen atoms in total. The zero-order valence-corrected chi connectivity index (χ0v) is 14.5. The van der Waals surface area contributed by atoms with Gasteiger partial charge in [-0.1, -0.05) is 60.1 Å². The zero-order chi connectivity index (χ0) is 16.8. The van der Waals surface area contributed by atoms with Gasteiger partial charge in [-0.25, -0.2) is 0 Å². The fraction of sp³-hybridized carbons (Fsp3) is 0.350. The van der Waals surface area contributed by atoms with Gasteiger partial charge in [0.15, 0.2) is 0 Å². The van der Waals surface area contributed by atoms with Crippen molar-refractivity contribution < 1.29 is 4.79 Å². The van der Waals surface area contributed by atoms with Crippen molar-refractivity contribution in [3.8, 4) is 0 Å². The molecule has 0 aromatic heterocycles. The summed E-state index contributed by atoms with van der Waals surface area (Å²) < 4.78 is 0. The number of amides is 1. The highest BCUT2D eigenvalue weighted by molar-refractivity contribution is 6.31. The summed E-state index contributed by atoms with van der Waals surface area (Å²) in [4.78, 5) is 14.7.